The summed E-state index contributed by atoms with van der Waals surface area (Å²) in [5.74, 6) is 0.399. The molecule has 0 spiro atoms. The number of urea groups is 1. The summed E-state index contributed by atoms with van der Waals surface area (Å²) in [5.41, 5.74) is 4.11. The van der Waals surface area contributed by atoms with Gasteiger partial charge in [0.05, 0.1) is 24.4 Å². The second kappa shape index (κ2) is 9.35. The molecule has 0 bridgehead atoms. The minimum Gasteiger partial charge on any atom is -0.470 e. The molecular weight excluding hydrogens is 408 g/mol. The van der Waals surface area contributed by atoms with Crippen LogP contribution in [0.15, 0.2) is 42.7 Å². The van der Waals surface area contributed by atoms with Gasteiger partial charge in [-0.15, -0.1) is 0 Å². The molecule has 4 rings (SSSR count). The second-order valence-electron chi connectivity index (χ2n) is 7.91. The van der Waals surface area contributed by atoms with E-state index < -0.39 is 0 Å². The number of pyridine rings is 1. The van der Waals surface area contributed by atoms with Crippen molar-refractivity contribution in [3.05, 3.63) is 42.7 Å². The van der Waals surface area contributed by atoms with E-state index >= 15 is 0 Å². The van der Waals surface area contributed by atoms with Crippen LogP contribution in [0, 0.1) is 0 Å². The van der Waals surface area contributed by atoms with Gasteiger partial charge in [-0.3, -0.25) is 4.98 Å². The number of aromatic nitrogens is 3. The summed E-state index contributed by atoms with van der Waals surface area (Å²) >= 11 is 0. The van der Waals surface area contributed by atoms with Crippen LogP contribution in [-0.4, -0.2) is 78.9 Å². The van der Waals surface area contributed by atoms with E-state index in [9.17, 15) is 4.79 Å². The van der Waals surface area contributed by atoms with Crippen molar-refractivity contribution in [2.75, 3.05) is 45.7 Å². The molecule has 1 saturated heterocycles. The predicted molar refractivity (Wildman–Crippen MR) is 123 cm³/mol. The summed E-state index contributed by atoms with van der Waals surface area (Å²) in [7, 11) is 5.63. The van der Waals surface area contributed by atoms with E-state index in [4.69, 9.17) is 14.5 Å². The van der Waals surface area contributed by atoms with E-state index in [1.165, 1.54) is 0 Å². The largest absolute Gasteiger partial charge is 0.470 e. The van der Waals surface area contributed by atoms with Crippen LogP contribution in [-0.2, 0) is 4.74 Å². The van der Waals surface area contributed by atoms with Crippen molar-refractivity contribution in [2.24, 2.45) is 0 Å². The molecule has 168 valence electrons. The summed E-state index contributed by atoms with van der Waals surface area (Å²) in [6.45, 7) is 3.36. The van der Waals surface area contributed by atoms with E-state index in [0.29, 0.717) is 36.6 Å². The Morgan fingerprint density at radius 3 is 2.72 bits per heavy atom. The first-order chi connectivity index (χ1) is 15.5. The third kappa shape index (κ3) is 4.57. The van der Waals surface area contributed by atoms with Crippen molar-refractivity contribution in [1.29, 1.82) is 0 Å². The Hall–Kier alpha value is -3.46. The summed E-state index contributed by atoms with van der Waals surface area (Å²) in [6.07, 6.45) is 2.65. The molecule has 3 heterocycles. The van der Waals surface area contributed by atoms with Gasteiger partial charge < -0.3 is 24.6 Å². The second-order valence-corrected chi connectivity index (χ2v) is 7.91. The number of ether oxygens (including phenoxy) is 2. The van der Waals surface area contributed by atoms with Crippen molar-refractivity contribution >= 4 is 22.8 Å². The van der Waals surface area contributed by atoms with Gasteiger partial charge in [-0.25, -0.2) is 14.8 Å². The summed E-state index contributed by atoms with van der Waals surface area (Å²) in [6, 6.07) is 9.93. The molecule has 3 aromatic rings. The lowest BCUT2D eigenvalue weighted by molar-refractivity contribution is -0.0646. The minimum atomic E-state index is -0.341. The molecule has 32 heavy (non-hydrogen) atoms. The number of nitrogens with one attached hydrogen (secondary N) is 1. The van der Waals surface area contributed by atoms with Gasteiger partial charge in [0.25, 0.3) is 0 Å². The van der Waals surface area contributed by atoms with Gasteiger partial charge in [-0.05, 0) is 25.1 Å². The van der Waals surface area contributed by atoms with Crippen LogP contribution in [0.3, 0.4) is 0 Å². The summed E-state index contributed by atoms with van der Waals surface area (Å²) in [5, 5.41) is 2.66. The van der Waals surface area contributed by atoms with E-state index in [1.54, 1.807) is 24.3 Å². The monoisotopic (exact) mass is 436 g/mol. The first-order valence-corrected chi connectivity index (χ1v) is 10.6. The molecule has 9 nitrogen and oxygen atoms in total. The Bertz CT molecular complexity index is 1090. The number of amides is 2. The maximum Gasteiger partial charge on any atom is 0.317 e. The van der Waals surface area contributed by atoms with Gasteiger partial charge in [-0.2, -0.15) is 0 Å². The minimum absolute atomic E-state index is 0.122. The maximum absolute atomic E-state index is 12.0. The number of hydrogen-bond acceptors (Lipinski definition) is 7. The molecule has 1 aliphatic heterocycles. The molecule has 2 aromatic heterocycles. The molecule has 0 aliphatic carbocycles. The maximum atomic E-state index is 12.0. The lowest BCUT2D eigenvalue weighted by Crippen LogP contribution is -2.52. The first-order valence-electron chi connectivity index (χ1n) is 10.6. The number of anilines is 1. The van der Waals surface area contributed by atoms with E-state index in [2.05, 4.69) is 15.3 Å². The predicted octanol–water partition coefficient (Wildman–Crippen LogP) is 2.57. The third-order valence-electron chi connectivity index (χ3n) is 5.52. The van der Waals surface area contributed by atoms with Crippen molar-refractivity contribution in [1.82, 2.24) is 25.2 Å². The molecule has 0 unspecified atom stereocenters. The number of carbonyl (C=O) groups is 1. The molecule has 1 aromatic carbocycles. The van der Waals surface area contributed by atoms with Gasteiger partial charge >= 0.3 is 6.03 Å². The number of benzene rings is 1. The molecule has 1 aliphatic rings. The Morgan fingerprint density at radius 1 is 1.25 bits per heavy atom. The normalized spacial score (nSPS) is 17.1. The first kappa shape index (κ1) is 21.8. The summed E-state index contributed by atoms with van der Waals surface area (Å²) in [4.78, 5) is 29.4. The molecule has 2 amide bonds. The van der Waals surface area contributed by atoms with Crippen molar-refractivity contribution in [3.63, 3.8) is 0 Å². The fourth-order valence-electron chi connectivity index (χ4n) is 3.66. The van der Waals surface area contributed by atoms with Gasteiger partial charge in [0.2, 0.25) is 5.88 Å². The fraction of sp³-hybridized carbons (Fsp3) is 0.391. The number of fused-ring (bicyclic) bond motifs is 1. The van der Waals surface area contributed by atoms with E-state index in [-0.39, 0.29) is 18.2 Å². The number of morpholine rings is 1. The van der Waals surface area contributed by atoms with Crippen LogP contribution < -0.4 is 15.0 Å². The zero-order valence-corrected chi connectivity index (χ0v) is 18.8. The van der Waals surface area contributed by atoms with Gasteiger partial charge in [0.1, 0.15) is 12.2 Å². The average Bonchev–Trinajstić information content (AvgIpc) is 2.83. The smallest absolute Gasteiger partial charge is 0.317 e. The standard InChI is InChI=1S/C23H28N6O3/c1-15(20-14-29(11-12-31-20)23(30)24-2)32-22-21-19(25-9-10-26-21)13-18(27-22)16-5-7-17(8-6-16)28(3)4/h5-10,13,15,20H,11-12,14H2,1-4H3,(H,24,30)/t15-,20+/m1/s1. The Labute approximate surface area is 187 Å². The highest BCUT2D eigenvalue weighted by Gasteiger charge is 2.30. The Morgan fingerprint density at radius 2 is 2.00 bits per heavy atom. The molecule has 0 saturated carbocycles. The Kier molecular flexibility index (Phi) is 6.36. The zero-order chi connectivity index (χ0) is 22.7. The molecule has 2 atom stereocenters. The number of rotatable bonds is 5. The Balaban J connectivity index is 1.62. The third-order valence-corrected chi connectivity index (χ3v) is 5.52. The number of carbonyl (C=O) groups excluding carboxylic acids is 1. The van der Waals surface area contributed by atoms with E-state index in [1.807, 2.05) is 56.3 Å². The lowest BCUT2D eigenvalue weighted by Gasteiger charge is -2.35. The molecule has 1 fully saturated rings. The van der Waals surface area contributed by atoms with Crippen LogP contribution in [0.2, 0.25) is 0 Å². The molecular formula is C23H28N6O3. The summed E-state index contributed by atoms with van der Waals surface area (Å²) < 4.78 is 12.1. The highest BCUT2D eigenvalue weighted by molar-refractivity contribution is 5.83. The number of hydrogen-bond donors (Lipinski definition) is 1. The molecule has 1 N–H and O–H groups in total. The van der Waals surface area contributed by atoms with Crippen LogP contribution in [0.4, 0.5) is 10.5 Å². The van der Waals surface area contributed by atoms with Crippen LogP contribution in [0.25, 0.3) is 22.3 Å². The zero-order valence-electron chi connectivity index (χ0n) is 18.8. The van der Waals surface area contributed by atoms with Gasteiger partial charge in [0, 0.05) is 51.3 Å². The van der Waals surface area contributed by atoms with Crippen LogP contribution in [0.1, 0.15) is 6.92 Å². The average molecular weight is 437 g/mol. The van der Waals surface area contributed by atoms with E-state index in [0.717, 1.165) is 16.9 Å². The van der Waals surface area contributed by atoms with Crippen LogP contribution >= 0.6 is 0 Å². The van der Waals surface area contributed by atoms with Gasteiger partial charge in [-0.1, -0.05) is 12.1 Å². The quantitative estimate of drug-likeness (QED) is 0.657. The van der Waals surface area contributed by atoms with Crippen molar-refractivity contribution in [3.8, 4) is 17.1 Å². The van der Waals surface area contributed by atoms with Crippen molar-refractivity contribution in [2.45, 2.75) is 19.1 Å². The van der Waals surface area contributed by atoms with Crippen molar-refractivity contribution < 1.29 is 14.3 Å². The number of nitrogens with zero attached hydrogens (tertiary/aromatic N) is 5. The van der Waals surface area contributed by atoms with Crippen LogP contribution in [0.5, 0.6) is 5.88 Å². The molecule has 0 radical (unpaired) electrons. The molecule has 9 heteroatoms. The lowest BCUT2D eigenvalue weighted by atomic mass is 10.1. The SMILES string of the molecule is CNC(=O)N1CCO[C@H]([C@@H](C)Oc2nc(-c3ccc(N(C)C)cc3)cc3nccnc23)C1. The topological polar surface area (TPSA) is 92.7 Å². The fourth-order valence-corrected chi connectivity index (χ4v) is 3.66. The van der Waals surface area contributed by atoms with Gasteiger partial charge in [0.15, 0.2) is 5.52 Å². The highest BCUT2D eigenvalue weighted by Crippen LogP contribution is 2.29. The highest BCUT2D eigenvalue weighted by atomic mass is 16.5.